The van der Waals surface area contributed by atoms with Crippen molar-refractivity contribution in [1.82, 2.24) is 0 Å². The first-order valence-corrected chi connectivity index (χ1v) is 5.85. The fourth-order valence-electron chi connectivity index (χ4n) is 1.36. The van der Waals surface area contributed by atoms with Crippen molar-refractivity contribution in [3.05, 3.63) is 42.5 Å². The number of carbonyl (C=O) groups excluding carboxylic acids is 2. The third kappa shape index (κ3) is 4.41. The summed E-state index contributed by atoms with van der Waals surface area (Å²) >= 11 is 0. The number of hydrogen-bond donors (Lipinski definition) is 1. The highest BCUT2D eigenvalue weighted by Crippen LogP contribution is 2.11. The number of rotatable bonds is 6. The zero-order valence-corrected chi connectivity index (χ0v) is 10.4. The van der Waals surface area contributed by atoms with Gasteiger partial charge in [-0.1, -0.05) is 6.08 Å². The van der Waals surface area contributed by atoms with Crippen molar-refractivity contribution >= 4 is 17.6 Å². The molecule has 0 heterocycles. The van der Waals surface area contributed by atoms with Gasteiger partial charge < -0.3 is 10.1 Å². The van der Waals surface area contributed by atoms with Crippen molar-refractivity contribution in [2.24, 2.45) is 0 Å². The number of nitrogens with one attached hydrogen (secondary N) is 1. The summed E-state index contributed by atoms with van der Waals surface area (Å²) in [5.74, 6) is -0.430. The maximum atomic E-state index is 11.4. The molecule has 0 saturated carbocycles. The van der Waals surface area contributed by atoms with Crippen molar-refractivity contribution < 1.29 is 14.3 Å². The van der Waals surface area contributed by atoms with Gasteiger partial charge in [0.25, 0.3) is 0 Å². The van der Waals surface area contributed by atoms with Crippen LogP contribution in [0.3, 0.4) is 0 Å². The maximum Gasteiger partial charge on any atom is 0.338 e. The van der Waals surface area contributed by atoms with Gasteiger partial charge in [-0.3, -0.25) is 4.79 Å². The van der Waals surface area contributed by atoms with E-state index in [-0.39, 0.29) is 11.9 Å². The van der Waals surface area contributed by atoms with Crippen LogP contribution in [0.5, 0.6) is 0 Å². The topological polar surface area (TPSA) is 55.4 Å². The minimum Gasteiger partial charge on any atom is -0.462 e. The molecule has 0 aliphatic carbocycles. The Morgan fingerprint density at radius 3 is 2.56 bits per heavy atom. The molecule has 96 valence electrons. The lowest BCUT2D eigenvalue weighted by Crippen LogP contribution is -2.11. The zero-order chi connectivity index (χ0) is 13.4. The largest absolute Gasteiger partial charge is 0.462 e. The number of allylic oxidation sites excluding steroid dienone is 1. The summed E-state index contributed by atoms with van der Waals surface area (Å²) in [6.07, 6.45) is 2.75. The Morgan fingerprint density at radius 1 is 1.33 bits per heavy atom. The summed E-state index contributed by atoms with van der Waals surface area (Å²) in [6, 6.07) is 6.61. The number of anilines is 1. The lowest BCUT2D eigenvalue weighted by atomic mass is 10.2. The molecule has 0 fully saturated rings. The van der Waals surface area contributed by atoms with E-state index >= 15 is 0 Å². The predicted molar refractivity (Wildman–Crippen MR) is 70.5 cm³/mol. The van der Waals surface area contributed by atoms with Gasteiger partial charge in [0.15, 0.2) is 0 Å². The summed E-state index contributed by atoms with van der Waals surface area (Å²) in [4.78, 5) is 22.8. The average molecular weight is 247 g/mol. The molecule has 4 nitrogen and oxygen atoms in total. The van der Waals surface area contributed by atoms with Crippen LogP contribution in [-0.4, -0.2) is 18.5 Å². The fourth-order valence-corrected chi connectivity index (χ4v) is 1.36. The van der Waals surface area contributed by atoms with E-state index in [1.54, 1.807) is 37.3 Å². The van der Waals surface area contributed by atoms with E-state index in [0.29, 0.717) is 30.7 Å². The van der Waals surface area contributed by atoms with E-state index in [2.05, 4.69) is 11.9 Å². The van der Waals surface area contributed by atoms with Crippen LogP contribution in [-0.2, 0) is 9.53 Å². The van der Waals surface area contributed by atoms with Gasteiger partial charge in [-0.2, -0.15) is 0 Å². The molecule has 0 aromatic heterocycles. The highest BCUT2D eigenvalue weighted by molar-refractivity contribution is 5.93. The van der Waals surface area contributed by atoms with Crippen LogP contribution in [0.1, 0.15) is 30.1 Å². The minimum atomic E-state index is -0.359. The third-order valence-electron chi connectivity index (χ3n) is 2.26. The van der Waals surface area contributed by atoms with E-state index in [4.69, 9.17) is 4.74 Å². The second-order valence-electron chi connectivity index (χ2n) is 3.67. The van der Waals surface area contributed by atoms with Gasteiger partial charge in [0, 0.05) is 12.1 Å². The van der Waals surface area contributed by atoms with E-state index in [0.717, 1.165) is 0 Å². The molecule has 0 bridgehead atoms. The summed E-state index contributed by atoms with van der Waals surface area (Å²) in [5, 5.41) is 2.74. The Balaban J connectivity index is 2.57. The van der Waals surface area contributed by atoms with E-state index in [1.807, 2.05) is 0 Å². The molecule has 18 heavy (non-hydrogen) atoms. The van der Waals surface area contributed by atoms with Gasteiger partial charge >= 0.3 is 5.97 Å². The second kappa shape index (κ2) is 7.27. The van der Waals surface area contributed by atoms with Crippen molar-refractivity contribution in [3.8, 4) is 0 Å². The Kier molecular flexibility index (Phi) is 5.64. The predicted octanol–water partition coefficient (Wildman–Crippen LogP) is 2.77. The van der Waals surface area contributed by atoms with Crippen LogP contribution in [0.2, 0.25) is 0 Å². The SMILES string of the molecule is C=CCCC(=O)Nc1ccc(C(=O)OCC)cc1. The molecular formula is C14H17NO3. The molecule has 0 radical (unpaired) electrons. The fraction of sp³-hybridized carbons (Fsp3) is 0.286. The van der Waals surface area contributed by atoms with E-state index in [9.17, 15) is 9.59 Å². The van der Waals surface area contributed by atoms with E-state index in [1.165, 1.54) is 0 Å². The standard InChI is InChI=1S/C14H17NO3/c1-3-5-6-13(16)15-12-9-7-11(8-10-12)14(17)18-4-2/h3,7-10H,1,4-6H2,2H3,(H,15,16). The van der Waals surface area contributed by atoms with Crippen LogP contribution in [0, 0.1) is 0 Å². The smallest absolute Gasteiger partial charge is 0.338 e. The molecule has 4 heteroatoms. The Labute approximate surface area is 107 Å². The Bertz CT molecular complexity index is 423. The van der Waals surface area contributed by atoms with Crippen LogP contribution in [0.25, 0.3) is 0 Å². The highest BCUT2D eigenvalue weighted by Gasteiger charge is 2.06. The van der Waals surface area contributed by atoms with Gasteiger partial charge in [-0.15, -0.1) is 6.58 Å². The van der Waals surface area contributed by atoms with Crippen LogP contribution in [0.4, 0.5) is 5.69 Å². The van der Waals surface area contributed by atoms with Gasteiger partial charge in [0.05, 0.1) is 12.2 Å². The first kappa shape index (κ1) is 14.0. The monoisotopic (exact) mass is 247 g/mol. The number of carbonyl (C=O) groups is 2. The quantitative estimate of drug-likeness (QED) is 0.621. The molecule has 1 aromatic carbocycles. The van der Waals surface area contributed by atoms with E-state index < -0.39 is 0 Å². The molecule has 0 aliphatic rings. The molecule has 0 atom stereocenters. The summed E-state index contributed by atoms with van der Waals surface area (Å²) in [7, 11) is 0. The Morgan fingerprint density at radius 2 is 2.00 bits per heavy atom. The van der Waals surface area contributed by atoms with Gasteiger partial charge in [-0.25, -0.2) is 4.79 Å². The second-order valence-corrected chi connectivity index (χ2v) is 3.67. The molecule has 1 rings (SSSR count). The lowest BCUT2D eigenvalue weighted by molar-refractivity contribution is -0.116. The van der Waals surface area contributed by atoms with Gasteiger partial charge in [-0.05, 0) is 37.6 Å². The molecule has 1 aromatic rings. The van der Waals surface area contributed by atoms with Crippen molar-refractivity contribution in [2.45, 2.75) is 19.8 Å². The number of hydrogen-bond acceptors (Lipinski definition) is 3. The third-order valence-corrected chi connectivity index (χ3v) is 2.26. The number of esters is 1. The molecule has 0 aliphatic heterocycles. The van der Waals surface area contributed by atoms with Gasteiger partial charge in [0.1, 0.15) is 0 Å². The molecule has 1 N–H and O–H groups in total. The summed E-state index contributed by atoms with van der Waals surface area (Å²) in [5.41, 5.74) is 1.14. The molecule has 0 spiro atoms. The number of benzene rings is 1. The first-order valence-electron chi connectivity index (χ1n) is 5.85. The lowest BCUT2D eigenvalue weighted by Gasteiger charge is -2.05. The summed E-state index contributed by atoms with van der Waals surface area (Å²) in [6.45, 7) is 5.66. The van der Waals surface area contributed by atoms with Crippen LogP contribution < -0.4 is 5.32 Å². The van der Waals surface area contributed by atoms with Crippen molar-refractivity contribution in [1.29, 1.82) is 0 Å². The number of ether oxygens (including phenoxy) is 1. The highest BCUT2D eigenvalue weighted by atomic mass is 16.5. The average Bonchev–Trinajstić information content (AvgIpc) is 2.37. The summed E-state index contributed by atoms with van der Waals surface area (Å²) < 4.78 is 4.86. The van der Waals surface area contributed by atoms with Crippen molar-refractivity contribution in [2.75, 3.05) is 11.9 Å². The number of amides is 1. The molecule has 0 saturated heterocycles. The molecule has 1 amide bonds. The van der Waals surface area contributed by atoms with Crippen molar-refractivity contribution in [3.63, 3.8) is 0 Å². The zero-order valence-electron chi connectivity index (χ0n) is 10.4. The first-order chi connectivity index (χ1) is 8.67. The Hall–Kier alpha value is -2.10. The van der Waals surface area contributed by atoms with Gasteiger partial charge in [0.2, 0.25) is 5.91 Å². The maximum absolute atomic E-state index is 11.4. The molecular weight excluding hydrogens is 230 g/mol. The molecule has 0 unspecified atom stereocenters. The minimum absolute atomic E-state index is 0.0706. The normalized spacial score (nSPS) is 9.61. The van der Waals surface area contributed by atoms with Crippen LogP contribution >= 0.6 is 0 Å². The van der Waals surface area contributed by atoms with Crippen LogP contribution in [0.15, 0.2) is 36.9 Å².